The second-order valence-corrected chi connectivity index (χ2v) is 3.64. The van der Waals surface area contributed by atoms with E-state index < -0.39 is 0 Å². The Morgan fingerprint density at radius 3 is 2.82 bits per heavy atom. The van der Waals surface area contributed by atoms with Crippen molar-refractivity contribution in [2.75, 3.05) is 32.7 Å². The maximum Gasteiger partial charge on any atom is 0.221 e. The van der Waals surface area contributed by atoms with Crippen LogP contribution in [-0.4, -0.2) is 32.4 Å². The van der Waals surface area contributed by atoms with Crippen molar-refractivity contribution >= 4 is 16.5 Å². The third-order valence-electron chi connectivity index (χ3n) is 2.58. The molecular weight excluding hydrogens is 216 g/mol. The van der Waals surface area contributed by atoms with Gasteiger partial charge in [-0.05, 0) is 18.2 Å². The molecule has 0 aliphatic rings. The van der Waals surface area contributed by atoms with Gasteiger partial charge in [-0.15, -0.1) is 0 Å². The van der Waals surface area contributed by atoms with E-state index in [4.69, 9.17) is 9.47 Å². The van der Waals surface area contributed by atoms with Crippen LogP contribution in [0, 0.1) is 0 Å². The molecule has 0 amide bonds. The minimum atomic E-state index is 0.651. The summed E-state index contributed by atoms with van der Waals surface area (Å²) in [6.45, 7) is 1.46. The Bertz CT molecular complexity index is 500. The molecule has 1 heterocycles. The molecule has 17 heavy (non-hydrogen) atoms. The van der Waals surface area contributed by atoms with Crippen molar-refractivity contribution in [2.24, 2.45) is 0 Å². The highest BCUT2D eigenvalue weighted by Crippen LogP contribution is 2.28. The molecule has 2 rings (SSSR count). The van der Waals surface area contributed by atoms with E-state index in [-0.39, 0.29) is 0 Å². The summed E-state index contributed by atoms with van der Waals surface area (Å²) in [6.07, 6.45) is 1.75. The van der Waals surface area contributed by atoms with Gasteiger partial charge in [-0.1, -0.05) is 6.07 Å². The summed E-state index contributed by atoms with van der Waals surface area (Å²) in [5.41, 5.74) is 1.07. The van der Waals surface area contributed by atoms with E-state index in [1.807, 2.05) is 24.3 Å². The summed E-state index contributed by atoms with van der Waals surface area (Å²) in [4.78, 5) is 4.19. The SMILES string of the molecule is COCCNc1cccc2c(OC)nccc12. The Morgan fingerprint density at radius 1 is 1.18 bits per heavy atom. The molecule has 1 aromatic carbocycles. The quantitative estimate of drug-likeness (QED) is 0.803. The molecule has 0 saturated carbocycles. The molecule has 0 aliphatic heterocycles. The van der Waals surface area contributed by atoms with E-state index in [0.29, 0.717) is 12.5 Å². The van der Waals surface area contributed by atoms with Gasteiger partial charge in [-0.3, -0.25) is 0 Å². The smallest absolute Gasteiger partial charge is 0.221 e. The average molecular weight is 232 g/mol. The van der Waals surface area contributed by atoms with Gasteiger partial charge in [-0.2, -0.15) is 0 Å². The molecule has 0 fully saturated rings. The number of hydrogen-bond acceptors (Lipinski definition) is 4. The molecular formula is C13H16N2O2. The van der Waals surface area contributed by atoms with Crippen LogP contribution in [0.5, 0.6) is 5.88 Å². The van der Waals surface area contributed by atoms with E-state index in [9.17, 15) is 0 Å². The summed E-state index contributed by atoms with van der Waals surface area (Å²) >= 11 is 0. The Hall–Kier alpha value is -1.81. The maximum absolute atomic E-state index is 5.24. The number of hydrogen-bond donors (Lipinski definition) is 1. The highest BCUT2D eigenvalue weighted by Gasteiger charge is 2.05. The summed E-state index contributed by atoms with van der Waals surface area (Å²) in [5, 5.41) is 5.45. The number of benzene rings is 1. The normalized spacial score (nSPS) is 10.5. The molecule has 1 N–H and O–H groups in total. The third-order valence-corrected chi connectivity index (χ3v) is 2.58. The number of aromatic nitrogens is 1. The lowest BCUT2D eigenvalue weighted by molar-refractivity contribution is 0.211. The number of nitrogens with one attached hydrogen (secondary N) is 1. The lowest BCUT2D eigenvalue weighted by Gasteiger charge is -2.10. The topological polar surface area (TPSA) is 43.4 Å². The van der Waals surface area contributed by atoms with Gasteiger partial charge in [0, 0.05) is 36.3 Å². The van der Waals surface area contributed by atoms with Crippen molar-refractivity contribution in [3.8, 4) is 5.88 Å². The van der Waals surface area contributed by atoms with Crippen LogP contribution in [-0.2, 0) is 4.74 Å². The number of anilines is 1. The highest BCUT2D eigenvalue weighted by atomic mass is 16.5. The Labute approximate surface area is 101 Å². The second-order valence-electron chi connectivity index (χ2n) is 3.64. The van der Waals surface area contributed by atoms with Crippen molar-refractivity contribution < 1.29 is 9.47 Å². The molecule has 0 unspecified atom stereocenters. The number of methoxy groups -OCH3 is 2. The van der Waals surface area contributed by atoms with Gasteiger partial charge >= 0.3 is 0 Å². The predicted octanol–water partition coefficient (Wildman–Crippen LogP) is 2.30. The number of pyridine rings is 1. The summed E-state index contributed by atoms with van der Waals surface area (Å²) < 4.78 is 10.3. The van der Waals surface area contributed by atoms with Crippen LogP contribution in [0.3, 0.4) is 0 Å². The molecule has 1 aromatic heterocycles. The van der Waals surface area contributed by atoms with E-state index >= 15 is 0 Å². The molecule has 90 valence electrons. The van der Waals surface area contributed by atoms with Gasteiger partial charge in [0.15, 0.2) is 0 Å². The van der Waals surface area contributed by atoms with Gasteiger partial charge in [0.05, 0.1) is 13.7 Å². The van der Waals surface area contributed by atoms with Crippen LogP contribution >= 0.6 is 0 Å². The Kier molecular flexibility index (Phi) is 3.77. The van der Waals surface area contributed by atoms with Gasteiger partial charge in [0.2, 0.25) is 5.88 Å². The predicted molar refractivity (Wildman–Crippen MR) is 68.7 cm³/mol. The lowest BCUT2D eigenvalue weighted by atomic mass is 10.1. The molecule has 0 aliphatic carbocycles. The van der Waals surface area contributed by atoms with Gasteiger partial charge in [-0.25, -0.2) is 4.98 Å². The molecule has 4 heteroatoms. The first-order chi connectivity index (χ1) is 8.36. The molecule has 0 spiro atoms. The van der Waals surface area contributed by atoms with Crippen LogP contribution < -0.4 is 10.1 Å². The molecule has 0 radical (unpaired) electrons. The number of nitrogens with zero attached hydrogens (tertiary/aromatic N) is 1. The van der Waals surface area contributed by atoms with Crippen molar-refractivity contribution in [2.45, 2.75) is 0 Å². The summed E-state index contributed by atoms with van der Waals surface area (Å²) in [6, 6.07) is 8.01. The fraction of sp³-hybridized carbons (Fsp3) is 0.308. The monoisotopic (exact) mass is 232 g/mol. The van der Waals surface area contributed by atoms with Gasteiger partial charge in [0.1, 0.15) is 0 Å². The molecule has 2 aromatic rings. The van der Waals surface area contributed by atoms with Crippen molar-refractivity contribution in [3.05, 3.63) is 30.5 Å². The largest absolute Gasteiger partial charge is 0.481 e. The second kappa shape index (κ2) is 5.50. The number of fused-ring (bicyclic) bond motifs is 1. The van der Waals surface area contributed by atoms with E-state index in [1.165, 1.54) is 0 Å². The fourth-order valence-electron chi connectivity index (χ4n) is 1.78. The lowest BCUT2D eigenvalue weighted by Crippen LogP contribution is -2.07. The van der Waals surface area contributed by atoms with Gasteiger partial charge < -0.3 is 14.8 Å². The van der Waals surface area contributed by atoms with Crippen molar-refractivity contribution in [1.82, 2.24) is 4.98 Å². The zero-order chi connectivity index (χ0) is 12.1. The van der Waals surface area contributed by atoms with Crippen LogP contribution in [0.15, 0.2) is 30.5 Å². The molecule has 0 saturated heterocycles. The van der Waals surface area contributed by atoms with E-state index in [0.717, 1.165) is 23.0 Å². The third kappa shape index (κ3) is 2.47. The standard InChI is InChI=1S/C13H16N2O2/c1-16-9-8-14-12-5-3-4-11-10(12)6-7-15-13(11)17-2/h3-7,14H,8-9H2,1-2H3. The first-order valence-electron chi connectivity index (χ1n) is 5.51. The van der Waals surface area contributed by atoms with E-state index in [1.54, 1.807) is 20.4 Å². The molecule has 4 nitrogen and oxygen atoms in total. The van der Waals surface area contributed by atoms with E-state index in [2.05, 4.69) is 10.3 Å². The van der Waals surface area contributed by atoms with Crippen LogP contribution in [0.25, 0.3) is 10.8 Å². The highest BCUT2D eigenvalue weighted by molar-refractivity contribution is 5.96. The molecule has 0 bridgehead atoms. The minimum Gasteiger partial charge on any atom is -0.481 e. The van der Waals surface area contributed by atoms with Crippen LogP contribution in [0.2, 0.25) is 0 Å². The van der Waals surface area contributed by atoms with Crippen LogP contribution in [0.1, 0.15) is 0 Å². The number of rotatable bonds is 5. The average Bonchev–Trinajstić information content (AvgIpc) is 2.38. The Balaban J connectivity index is 2.36. The number of ether oxygens (including phenoxy) is 2. The zero-order valence-corrected chi connectivity index (χ0v) is 10.1. The summed E-state index contributed by atoms with van der Waals surface area (Å²) in [5.74, 6) is 0.651. The Morgan fingerprint density at radius 2 is 2.06 bits per heavy atom. The minimum absolute atomic E-state index is 0.651. The fourth-order valence-corrected chi connectivity index (χ4v) is 1.78. The summed E-state index contributed by atoms with van der Waals surface area (Å²) in [7, 11) is 3.32. The van der Waals surface area contributed by atoms with Crippen molar-refractivity contribution in [1.29, 1.82) is 0 Å². The first-order valence-corrected chi connectivity index (χ1v) is 5.51. The molecule has 0 atom stereocenters. The zero-order valence-electron chi connectivity index (χ0n) is 10.1. The first kappa shape index (κ1) is 11.7. The van der Waals surface area contributed by atoms with Crippen LogP contribution in [0.4, 0.5) is 5.69 Å². The van der Waals surface area contributed by atoms with Gasteiger partial charge in [0.25, 0.3) is 0 Å². The maximum atomic E-state index is 5.24. The van der Waals surface area contributed by atoms with Crippen molar-refractivity contribution in [3.63, 3.8) is 0 Å².